The molecule has 1 aliphatic heterocycles. The Morgan fingerprint density at radius 2 is 1.94 bits per heavy atom. The van der Waals surface area contributed by atoms with E-state index in [4.69, 9.17) is 4.74 Å². The van der Waals surface area contributed by atoms with Crippen LogP contribution in [0.15, 0.2) is 24.4 Å². The van der Waals surface area contributed by atoms with Gasteiger partial charge in [-0.25, -0.2) is 4.98 Å². The normalized spacial score (nSPS) is 31.2. The molecule has 1 N–H and O–H groups in total. The van der Waals surface area contributed by atoms with Crippen LogP contribution in [0, 0.1) is 23.2 Å². The Morgan fingerprint density at radius 1 is 1.19 bits per heavy atom. The number of aromatic nitrogens is 2. The summed E-state index contributed by atoms with van der Waals surface area (Å²) in [7, 11) is 0. The molecule has 7 nitrogen and oxygen atoms in total. The van der Waals surface area contributed by atoms with Crippen LogP contribution in [-0.4, -0.2) is 57.9 Å². The van der Waals surface area contributed by atoms with Crippen LogP contribution in [0.5, 0.6) is 0 Å². The molecule has 2 aromatic heterocycles. The van der Waals surface area contributed by atoms with Gasteiger partial charge in [0.05, 0.1) is 12.2 Å². The minimum absolute atomic E-state index is 0.00298. The highest BCUT2D eigenvalue weighted by molar-refractivity contribution is 5.95. The number of pyridine rings is 1. The Kier molecular flexibility index (Phi) is 5.27. The quantitative estimate of drug-likeness (QED) is 0.794. The van der Waals surface area contributed by atoms with E-state index < -0.39 is 0 Å². The second kappa shape index (κ2) is 7.87. The Balaban J connectivity index is 1.31. The molecule has 172 valence electrons. The van der Waals surface area contributed by atoms with E-state index in [1.54, 1.807) is 21.6 Å². The zero-order valence-electron chi connectivity index (χ0n) is 19.5. The molecule has 0 aromatic carbocycles. The summed E-state index contributed by atoms with van der Waals surface area (Å²) in [5.41, 5.74) is 1.89. The lowest BCUT2D eigenvalue weighted by Crippen LogP contribution is -2.54. The van der Waals surface area contributed by atoms with Crippen LogP contribution in [0.1, 0.15) is 67.9 Å². The molecule has 4 aliphatic rings. The first-order valence-electron chi connectivity index (χ1n) is 11.9. The van der Waals surface area contributed by atoms with Crippen molar-refractivity contribution in [2.45, 2.75) is 59.2 Å². The summed E-state index contributed by atoms with van der Waals surface area (Å²) in [6.07, 6.45) is 5.45. The van der Waals surface area contributed by atoms with Crippen molar-refractivity contribution in [1.29, 1.82) is 0 Å². The molecule has 0 spiro atoms. The summed E-state index contributed by atoms with van der Waals surface area (Å²) >= 11 is 0. The van der Waals surface area contributed by atoms with Crippen LogP contribution in [0.3, 0.4) is 0 Å². The van der Waals surface area contributed by atoms with Gasteiger partial charge in [-0.2, -0.15) is 0 Å². The minimum atomic E-state index is -0.119. The predicted octanol–water partition coefficient (Wildman–Crippen LogP) is 3.39. The van der Waals surface area contributed by atoms with Crippen molar-refractivity contribution in [3.8, 4) is 0 Å². The predicted molar refractivity (Wildman–Crippen MR) is 122 cm³/mol. The van der Waals surface area contributed by atoms with Gasteiger partial charge in [0.15, 0.2) is 0 Å². The van der Waals surface area contributed by atoms with Gasteiger partial charge in [-0.05, 0) is 68.4 Å². The van der Waals surface area contributed by atoms with Crippen molar-refractivity contribution in [2.75, 3.05) is 19.6 Å². The number of ether oxygens (including phenoxy) is 1. The van der Waals surface area contributed by atoms with E-state index in [1.165, 1.54) is 19.3 Å². The van der Waals surface area contributed by atoms with Crippen molar-refractivity contribution in [3.63, 3.8) is 0 Å². The molecule has 2 aromatic rings. The van der Waals surface area contributed by atoms with Gasteiger partial charge >= 0.3 is 0 Å². The highest BCUT2D eigenvalue weighted by Crippen LogP contribution is 2.61. The number of amides is 2. The second-order valence-electron chi connectivity index (χ2n) is 10.6. The molecule has 0 radical (unpaired) electrons. The monoisotopic (exact) mass is 438 g/mol. The van der Waals surface area contributed by atoms with E-state index >= 15 is 0 Å². The number of rotatable bonds is 4. The van der Waals surface area contributed by atoms with Gasteiger partial charge in [0.25, 0.3) is 11.8 Å². The molecule has 6 rings (SSSR count). The molecule has 1 saturated heterocycles. The molecule has 3 aliphatic carbocycles. The van der Waals surface area contributed by atoms with Gasteiger partial charge in [0, 0.05) is 25.8 Å². The SMILES string of the molecule is CC1CN(C(=O)c2cn3c(C(=O)NC[C@@H]4CC[C@H]5C[C@@H]4C5(C)C)cccc3n2)CC(C)O1. The van der Waals surface area contributed by atoms with Gasteiger partial charge in [0.1, 0.15) is 17.0 Å². The number of hydrogen-bond donors (Lipinski definition) is 1. The first-order valence-corrected chi connectivity index (χ1v) is 11.9. The van der Waals surface area contributed by atoms with Crippen molar-refractivity contribution in [2.24, 2.45) is 23.2 Å². The molecule has 2 unspecified atom stereocenters. The van der Waals surface area contributed by atoms with Crippen LogP contribution >= 0.6 is 0 Å². The number of morpholine rings is 1. The lowest BCUT2D eigenvalue weighted by atomic mass is 9.45. The Hall–Kier alpha value is -2.41. The fourth-order valence-corrected chi connectivity index (χ4v) is 6.33. The first-order chi connectivity index (χ1) is 15.2. The highest BCUT2D eigenvalue weighted by Gasteiger charge is 2.53. The number of nitrogens with one attached hydrogen (secondary N) is 1. The van der Waals surface area contributed by atoms with Gasteiger partial charge in [-0.3, -0.25) is 14.0 Å². The number of nitrogens with zero attached hydrogens (tertiary/aromatic N) is 3. The fraction of sp³-hybridized carbons (Fsp3) is 0.640. The third kappa shape index (κ3) is 3.60. The third-order valence-corrected chi connectivity index (χ3v) is 8.18. The average Bonchev–Trinajstić information content (AvgIpc) is 3.20. The van der Waals surface area contributed by atoms with Crippen LogP contribution in [-0.2, 0) is 4.74 Å². The number of fused-ring (bicyclic) bond motifs is 3. The maximum atomic E-state index is 13.1. The van der Waals surface area contributed by atoms with Crippen molar-refractivity contribution < 1.29 is 14.3 Å². The lowest BCUT2D eigenvalue weighted by Gasteiger charge is -2.60. The summed E-state index contributed by atoms with van der Waals surface area (Å²) in [6, 6.07) is 5.45. The van der Waals surface area contributed by atoms with Crippen LogP contribution in [0.2, 0.25) is 0 Å². The summed E-state index contributed by atoms with van der Waals surface area (Å²) in [6.45, 7) is 10.5. The molecule has 2 amide bonds. The topological polar surface area (TPSA) is 75.9 Å². The minimum Gasteiger partial charge on any atom is -0.372 e. The van der Waals surface area contributed by atoms with Crippen LogP contribution in [0.4, 0.5) is 0 Å². The molecular weight excluding hydrogens is 404 g/mol. The molecule has 5 atom stereocenters. The number of hydrogen-bond acceptors (Lipinski definition) is 4. The van der Waals surface area contributed by atoms with E-state index in [1.807, 2.05) is 26.0 Å². The molecule has 4 fully saturated rings. The molecule has 32 heavy (non-hydrogen) atoms. The Bertz CT molecular complexity index is 1030. The van der Waals surface area contributed by atoms with E-state index in [0.29, 0.717) is 53.9 Å². The molecule has 3 heterocycles. The smallest absolute Gasteiger partial charge is 0.274 e. The van der Waals surface area contributed by atoms with Crippen molar-refractivity contribution in [3.05, 3.63) is 35.8 Å². The number of carbonyl (C=O) groups is 2. The number of imidazole rings is 1. The average molecular weight is 439 g/mol. The second-order valence-corrected chi connectivity index (χ2v) is 10.6. The molecule has 3 saturated carbocycles. The largest absolute Gasteiger partial charge is 0.372 e. The first kappa shape index (κ1) is 21.4. The Morgan fingerprint density at radius 3 is 2.62 bits per heavy atom. The summed E-state index contributed by atoms with van der Waals surface area (Å²) in [5.74, 6) is 1.87. The lowest BCUT2D eigenvalue weighted by molar-refractivity contribution is -0.103. The molecule has 7 heteroatoms. The summed E-state index contributed by atoms with van der Waals surface area (Å²) in [4.78, 5) is 32.5. The van der Waals surface area contributed by atoms with E-state index in [9.17, 15) is 9.59 Å². The third-order valence-electron chi connectivity index (χ3n) is 8.18. The van der Waals surface area contributed by atoms with Gasteiger partial charge in [-0.1, -0.05) is 19.9 Å². The van der Waals surface area contributed by atoms with Crippen molar-refractivity contribution >= 4 is 17.5 Å². The zero-order chi connectivity index (χ0) is 22.6. The van der Waals surface area contributed by atoms with E-state index in [0.717, 1.165) is 5.92 Å². The van der Waals surface area contributed by atoms with Gasteiger partial charge < -0.3 is 15.0 Å². The molecule has 2 bridgehead atoms. The van der Waals surface area contributed by atoms with E-state index in [2.05, 4.69) is 24.1 Å². The standard InChI is InChI=1S/C25H34N4O3/c1-15-12-28(13-16(2)32-15)24(31)20-14-29-21(6-5-7-22(29)27-20)23(30)26-11-17-8-9-18-10-19(17)25(18,3)4/h5-7,14-19H,8-13H2,1-4H3,(H,26,30)/t15?,16?,17-,18-,19-/m0/s1. The summed E-state index contributed by atoms with van der Waals surface area (Å²) < 4.78 is 7.48. The van der Waals surface area contributed by atoms with Gasteiger partial charge in [0.2, 0.25) is 0 Å². The zero-order valence-corrected chi connectivity index (χ0v) is 19.5. The Labute approximate surface area is 189 Å². The maximum absolute atomic E-state index is 13.1. The van der Waals surface area contributed by atoms with Crippen molar-refractivity contribution in [1.82, 2.24) is 19.6 Å². The number of carbonyl (C=O) groups excluding carboxylic acids is 2. The van der Waals surface area contributed by atoms with Crippen LogP contribution < -0.4 is 5.32 Å². The van der Waals surface area contributed by atoms with E-state index in [-0.39, 0.29) is 24.0 Å². The maximum Gasteiger partial charge on any atom is 0.274 e. The highest BCUT2D eigenvalue weighted by atomic mass is 16.5. The molecular formula is C25H34N4O3. The summed E-state index contributed by atoms with van der Waals surface area (Å²) in [5, 5.41) is 3.17. The fourth-order valence-electron chi connectivity index (χ4n) is 6.33. The van der Waals surface area contributed by atoms with Crippen LogP contribution in [0.25, 0.3) is 5.65 Å². The van der Waals surface area contributed by atoms with Gasteiger partial charge in [-0.15, -0.1) is 0 Å².